The van der Waals surface area contributed by atoms with Gasteiger partial charge < -0.3 is 10.8 Å². The van der Waals surface area contributed by atoms with Crippen molar-refractivity contribution in [1.82, 2.24) is 0 Å². The van der Waals surface area contributed by atoms with Crippen LogP contribution in [0.5, 0.6) is 0 Å². The molecular weight excluding hydrogens is 146 g/mol. The summed E-state index contributed by atoms with van der Waals surface area (Å²) in [6.07, 6.45) is 0. The fourth-order valence-electron chi connectivity index (χ4n) is 0.433. The minimum Gasteiger partial charge on any atom is -0.483 e. The molecule has 0 atom stereocenters. The Labute approximate surface area is 63.2 Å². The Morgan fingerprint density at radius 3 is 1.80 bits per heavy atom. The molecule has 10 heavy (non-hydrogen) atoms. The summed E-state index contributed by atoms with van der Waals surface area (Å²) in [6, 6.07) is 1.26. The molecule has 0 aliphatic rings. The normalized spacial score (nSPS) is 9.60. The van der Waals surface area contributed by atoms with Crippen molar-refractivity contribution in [3.8, 4) is 0 Å². The van der Waals surface area contributed by atoms with Gasteiger partial charge in [-0.25, -0.2) is 0 Å². The smallest absolute Gasteiger partial charge is 0.290 e. The van der Waals surface area contributed by atoms with Crippen LogP contribution < -0.4 is 5.73 Å². The highest BCUT2D eigenvalue weighted by Crippen LogP contribution is 2.04. The molecule has 0 aliphatic heterocycles. The molecule has 0 aliphatic carbocycles. The van der Waals surface area contributed by atoms with E-state index in [0.717, 1.165) is 6.54 Å². The molecular formula is C6H17NO2Si. The molecule has 0 aromatic rings. The van der Waals surface area contributed by atoms with Crippen molar-refractivity contribution in [2.24, 2.45) is 5.73 Å². The van der Waals surface area contributed by atoms with Gasteiger partial charge in [0, 0.05) is 8.07 Å². The Bertz CT molecular complexity index is 80.3. The van der Waals surface area contributed by atoms with Crippen LogP contribution in [-0.4, -0.2) is 26.2 Å². The maximum absolute atomic E-state index is 8.36. The molecule has 0 aromatic heterocycles. The number of carbonyl (C=O) groups is 1. The van der Waals surface area contributed by atoms with Crippen LogP contribution in [0, 0.1) is 0 Å². The quantitative estimate of drug-likeness (QED) is 0.471. The van der Waals surface area contributed by atoms with Crippen LogP contribution >= 0.6 is 0 Å². The van der Waals surface area contributed by atoms with Crippen molar-refractivity contribution in [3.63, 3.8) is 0 Å². The van der Waals surface area contributed by atoms with E-state index < -0.39 is 8.07 Å². The van der Waals surface area contributed by atoms with Gasteiger partial charge in [0.1, 0.15) is 0 Å². The number of rotatable bonds is 2. The van der Waals surface area contributed by atoms with E-state index in [-0.39, 0.29) is 6.47 Å². The lowest BCUT2D eigenvalue weighted by atomic mass is 10.8. The average molecular weight is 163 g/mol. The van der Waals surface area contributed by atoms with Gasteiger partial charge in [-0.2, -0.15) is 0 Å². The number of nitrogens with two attached hydrogens (primary N) is 1. The molecule has 0 fully saturated rings. The second kappa shape index (κ2) is 6.76. The second-order valence-corrected chi connectivity index (χ2v) is 8.83. The molecule has 0 aromatic carbocycles. The average Bonchev–Trinajstić information content (AvgIpc) is 1.63. The van der Waals surface area contributed by atoms with Crippen molar-refractivity contribution in [3.05, 3.63) is 0 Å². The summed E-state index contributed by atoms with van der Waals surface area (Å²) in [5.41, 5.74) is 5.35. The van der Waals surface area contributed by atoms with E-state index in [1.165, 1.54) is 6.04 Å². The van der Waals surface area contributed by atoms with Gasteiger partial charge in [0.25, 0.3) is 6.47 Å². The van der Waals surface area contributed by atoms with Gasteiger partial charge >= 0.3 is 0 Å². The fraction of sp³-hybridized carbons (Fsp3) is 0.833. The second-order valence-electron chi connectivity index (χ2n) is 3.20. The highest BCUT2D eigenvalue weighted by Gasteiger charge is 2.09. The Morgan fingerprint density at radius 2 is 1.80 bits per heavy atom. The van der Waals surface area contributed by atoms with Crippen molar-refractivity contribution in [1.29, 1.82) is 0 Å². The third-order valence-corrected chi connectivity index (χ3v) is 2.68. The predicted octanol–water partition coefficient (Wildman–Crippen LogP) is 0.984. The third kappa shape index (κ3) is 25.4. The van der Waals surface area contributed by atoms with Crippen molar-refractivity contribution >= 4 is 14.5 Å². The summed E-state index contributed by atoms with van der Waals surface area (Å²) < 4.78 is 0. The molecule has 0 radical (unpaired) electrons. The van der Waals surface area contributed by atoms with Gasteiger partial charge in [-0.15, -0.1) is 0 Å². The zero-order chi connectivity index (χ0) is 8.62. The first kappa shape index (κ1) is 12.3. The van der Waals surface area contributed by atoms with Crippen LogP contribution in [-0.2, 0) is 4.79 Å². The van der Waals surface area contributed by atoms with E-state index >= 15 is 0 Å². The minimum absolute atomic E-state index is 0.250. The molecule has 0 saturated heterocycles. The summed E-state index contributed by atoms with van der Waals surface area (Å²) >= 11 is 0. The van der Waals surface area contributed by atoms with E-state index in [4.69, 9.17) is 15.6 Å². The summed E-state index contributed by atoms with van der Waals surface area (Å²) in [6.45, 7) is 7.62. The molecule has 0 unspecified atom stereocenters. The third-order valence-electron chi connectivity index (χ3n) is 0.894. The molecule has 0 amide bonds. The SMILES string of the molecule is C[Si](C)(C)CCN.O=CO. The Balaban J connectivity index is 0. The van der Waals surface area contributed by atoms with Crippen molar-refractivity contribution in [2.45, 2.75) is 25.7 Å². The Morgan fingerprint density at radius 1 is 1.50 bits per heavy atom. The van der Waals surface area contributed by atoms with E-state index in [2.05, 4.69) is 19.6 Å². The van der Waals surface area contributed by atoms with Crippen LogP contribution in [0.1, 0.15) is 0 Å². The number of hydrogen-bond donors (Lipinski definition) is 2. The number of carboxylic acid groups (broad SMARTS) is 1. The maximum Gasteiger partial charge on any atom is 0.290 e. The summed E-state index contributed by atoms with van der Waals surface area (Å²) in [5.74, 6) is 0. The molecule has 4 heteroatoms. The predicted molar refractivity (Wildman–Crippen MR) is 45.9 cm³/mol. The standard InChI is InChI=1S/C5H15NSi.CH2O2/c1-7(2,3)5-4-6;2-1-3/h4-6H2,1-3H3;1H,(H,2,3). The first-order valence-corrected chi connectivity index (χ1v) is 6.96. The molecule has 3 N–H and O–H groups in total. The van der Waals surface area contributed by atoms with Crippen LogP contribution in [0.4, 0.5) is 0 Å². The van der Waals surface area contributed by atoms with Gasteiger partial charge in [0.05, 0.1) is 0 Å². The summed E-state index contributed by atoms with van der Waals surface area (Å²) in [4.78, 5) is 8.36. The summed E-state index contributed by atoms with van der Waals surface area (Å²) in [5, 5.41) is 6.89. The lowest BCUT2D eigenvalue weighted by molar-refractivity contribution is -0.122. The van der Waals surface area contributed by atoms with E-state index in [9.17, 15) is 0 Å². The van der Waals surface area contributed by atoms with Crippen molar-refractivity contribution in [2.75, 3.05) is 6.54 Å². The van der Waals surface area contributed by atoms with Gasteiger partial charge in [-0.1, -0.05) is 19.6 Å². The molecule has 0 rings (SSSR count). The molecule has 0 heterocycles. The maximum atomic E-state index is 8.36. The molecule has 0 spiro atoms. The van der Waals surface area contributed by atoms with Crippen LogP contribution in [0.15, 0.2) is 0 Å². The first-order valence-electron chi connectivity index (χ1n) is 3.26. The molecule has 3 nitrogen and oxygen atoms in total. The van der Waals surface area contributed by atoms with Crippen LogP contribution in [0.2, 0.25) is 25.7 Å². The Hall–Kier alpha value is -0.353. The molecule has 0 bridgehead atoms. The van der Waals surface area contributed by atoms with E-state index in [1.807, 2.05) is 0 Å². The first-order chi connectivity index (χ1) is 4.47. The number of hydrogen-bond acceptors (Lipinski definition) is 2. The fourth-order valence-corrected chi connectivity index (χ4v) is 1.30. The topological polar surface area (TPSA) is 63.3 Å². The van der Waals surface area contributed by atoms with E-state index in [0.29, 0.717) is 0 Å². The minimum atomic E-state index is -0.782. The van der Waals surface area contributed by atoms with Crippen LogP contribution in [0.25, 0.3) is 0 Å². The zero-order valence-electron chi connectivity index (χ0n) is 6.92. The highest BCUT2D eigenvalue weighted by atomic mass is 28.3. The Kier molecular flexibility index (Phi) is 8.34. The van der Waals surface area contributed by atoms with Gasteiger partial charge in [0.2, 0.25) is 0 Å². The van der Waals surface area contributed by atoms with Gasteiger partial charge in [-0.05, 0) is 12.6 Å². The lowest BCUT2D eigenvalue weighted by Crippen LogP contribution is -2.23. The van der Waals surface area contributed by atoms with E-state index in [1.54, 1.807) is 0 Å². The zero-order valence-corrected chi connectivity index (χ0v) is 7.92. The van der Waals surface area contributed by atoms with Gasteiger partial charge in [0.15, 0.2) is 0 Å². The highest BCUT2D eigenvalue weighted by molar-refractivity contribution is 6.76. The summed E-state index contributed by atoms with van der Waals surface area (Å²) in [7, 11) is -0.782. The molecule has 0 saturated carbocycles. The molecule has 62 valence electrons. The lowest BCUT2D eigenvalue weighted by Gasteiger charge is -2.12. The largest absolute Gasteiger partial charge is 0.483 e. The van der Waals surface area contributed by atoms with Crippen LogP contribution in [0.3, 0.4) is 0 Å². The monoisotopic (exact) mass is 163 g/mol. The van der Waals surface area contributed by atoms with Crippen molar-refractivity contribution < 1.29 is 9.90 Å². The van der Waals surface area contributed by atoms with Gasteiger partial charge in [-0.3, -0.25) is 4.79 Å².